The monoisotopic (exact) mass is 304 g/mol. The van der Waals surface area contributed by atoms with E-state index in [0.717, 1.165) is 3.94 Å². The number of hydrogen-bond acceptors (Lipinski definition) is 4. The molecule has 0 aromatic carbocycles. The van der Waals surface area contributed by atoms with Crippen molar-refractivity contribution in [2.45, 2.75) is 25.3 Å². The van der Waals surface area contributed by atoms with Gasteiger partial charge in [-0.3, -0.25) is 9.35 Å². The van der Waals surface area contributed by atoms with E-state index in [0.29, 0.717) is 25.9 Å². The predicted molar refractivity (Wildman–Crippen MR) is 64.2 cm³/mol. The molecule has 0 aromatic heterocycles. The minimum absolute atomic E-state index is 0.0823. The third-order valence-electron chi connectivity index (χ3n) is 2.95. The zero-order chi connectivity index (χ0) is 13.3. The summed E-state index contributed by atoms with van der Waals surface area (Å²) in [7, 11) is -4.18. The predicted octanol–water partition coefficient (Wildman–Crippen LogP) is 0.865. The van der Waals surface area contributed by atoms with Gasteiger partial charge in [-0.05, 0) is 36.4 Å². The Balaban J connectivity index is 2.81. The molecule has 0 unspecified atom stereocenters. The molecule has 1 saturated heterocycles. The lowest BCUT2D eigenvalue weighted by molar-refractivity contribution is -0.130. The number of halogens is 2. The average Bonchev–Trinajstić information content (AvgIpc) is 2.15. The summed E-state index contributed by atoms with van der Waals surface area (Å²) in [5.74, 6) is -0.625. The van der Waals surface area contributed by atoms with E-state index in [2.05, 4.69) is 0 Å². The highest BCUT2D eigenvalue weighted by atomic mass is 35.5. The Morgan fingerprint density at radius 3 is 2.18 bits per heavy atom. The fraction of sp³-hybridized carbons (Fsp3) is 0.875. The standard InChI is InChI=1S/C8H14Cl2N2O4S/c1-7(13)11-4-2-8(3-5-11,12(9)10)6-17(14,15)16/h2-6H2,1H3,(H,14,15,16). The van der Waals surface area contributed by atoms with E-state index in [-0.39, 0.29) is 5.91 Å². The van der Waals surface area contributed by atoms with Gasteiger partial charge in [0.2, 0.25) is 5.91 Å². The van der Waals surface area contributed by atoms with Gasteiger partial charge in [0.25, 0.3) is 10.1 Å². The van der Waals surface area contributed by atoms with Gasteiger partial charge in [-0.1, -0.05) is 0 Å². The van der Waals surface area contributed by atoms with Crippen LogP contribution < -0.4 is 0 Å². The Labute approximate surface area is 110 Å². The van der Waals surface area contributed by atoms with Crippen LogP contribution in [0.2, 0.25) is 0 Å². The molecule has 1 rings (SSSR count). The molecule has 1 heterocycles. The first-order chi connectivity index (χ1) is 7.66. The molecule has 0 spiro atoms. The quantitative estimate of drug-likeness (QED) is 0.618. The maximum atomic E-state index is 11.1. The summed E-state index contributed by atoms with van der Waals surface area (Å²) < 4.78 is 31.6. The molecular weight excluding hydrogens is 291 g/mol. The Bertz CT molecular complexity index is 390. The van der Waals surface area contributed by atoms with Crippen molar-refractivity contribution in [3.63, 3.8) is 0 Å². The van der Waals surface area contributed by atoms with Gasteiger partial charge in [-0.15, -0.1) is 3.94 Å². The topological polar surface area (TPSA) is 77.9 Å². The summed E-state index contributed by atoms with van der Waals surface area (Å²) in [6, 6.07) is 0. The second kappa shape index (κ2) is 5.27. The second-order valence-corrected chi connectivity index (χ2v) is 6.49. The van der Waals surface area contributed by atoms with E-state index < -0.39 is 21.4 Å². The number of amides is 1. The van der Waals surface area contributed by atoms with Crippen molar-refractivity contribution in [3.05, 3.63) is 0 Å². The Morgan fingerprint density at radius 2 is 1.88 bits per heavy atom. The maximum Gasteiger partial charge on any atom is 0.266 e. The first-order valence-electron chi connectivity index (χ1n) is 4.99. The van der Waals surface area contributed by atoms with Gasteiger partial charge < -0.3 is 4.90 Å². The van der Waals surface area contributed by atoms with Gasteiger partial charge in [0, 0.05) is 20.0 Å². The van der Waals surface area contributed by atoms with Crippen molar-refractivity contribution in [2.24, 2.45) is 0 Å². The van der Waals surface area contributed by atoms with Crippen LogP contribution >= 0.6 is 23.6 Å². The molecule has 0 aliphatic carbocycles. The molecule has 1 fully saturated rings. The molecule has 1 aliphatic heterocycles. The largest absolute Gasteiger partial charge is 0.343 e. The zero-order valence-corrected chi connectivity index (χ0v) is 11.6. The lowest BCUT2D eigenvalue weighted by atomic mass is 9.90. The van der Waals surface area contributed by atoms with Crippen LogP contribution in [-0.2, 0) is 14.9 Å². The van der Waals surface area contributed by atoms with Crippen molar-refractivity contribution in [3.8, 4) is 0 Å². The molecule has 0 aromatic rings. The number of likely N-dealkylation sites (tertiary alicyclic amines) is 1. The molecule has 1 N–H and O–H groups in total. The Kier molecular flexibility index (Phi) is 4.65. The van der Waals surface area contributed by atoms with E-state index in [4.69, 9.17) is 28.1 Å². The van der Waals surface area contributed by atoms with E-state index in [1.807, 2.05) is 0 Å². The summed E-state index contributed by atoms with van der Waals surface area (Å²) in [5, 5.41) is 0. The molecule has 9 heteroatoms. The number of rotatable bonds is 3. The van der Waals surface area contributed by atoms with Gasteiger partial charge in [0.15, 0.2) is 0 Å². The number of hydrogen-bond donors (Lipinski definition) is 1. The van der Waals surface area contributed by atoms with Crippen molar-refractivity contribution < 1.29 is 17.8 Å². The van der Waals surface area contributed by atoms with Crippen LogP contribution in [0.15, 0.2) is 0 Å². The molecular formula is C8H14Cl2N2O4S. The molecule has 100 valence electrons. The maximum absolute atomic E-state index is 11.1. The van der Waals surface area contributed by atoms with Crippen LogP contribution in [0.1, 0.15) is 19.8 Å². The van der Waals surface area contributed by atoms with Crippen LogP contribution in [0.25, 0.3) is 0 Å². The van der Waals surface area contributed by atoms with Crippen LogP contribution in [0.3, 0.4) is 0 Å². The summed E-state index contributed by atoms with van der Waals surface area (Å²) in [6.07, 6.45) is 0.582. The van der Waals surface area contributed by atoms with Gasteiger partial charge in [-0.2, -0.15) is 8.42 Å². The summed E-state index contributed by atoms with van der Waals surface area (Å²) in [6.45, 7) is 2.16. The van der Waals surface area contributed by atoms with Gasteiger partial charge in [-0.25, -0.2) is 0 Å². The van der Waals surface area contributed by atoms with Gasteiger partial charge in [0.1, 0.15) is 0 Å². The molecule has 0 saturated carbocycles. The smallest absolute Gasteiger partial charge is 0.266 e. The van der Waals surface area contributed by atoms with E-state index in [1.54, 1.807) is 4.90 Å². The minimum Gasteiger partial charge on any atom is -0.343 e. The molecule has 1 aliphatic rings. The van der Waals surface area contributed by atoms with Gasteiger partial charge in [0.05, 0.1) is 11.3 Å². The first-order valence-corrected chi connectivity index (χ1v) is 7.27. The number of carbonyl (C=O) groups excluding carboxylic acids is 1. The summed E-state index contributed by atoms with van der Waals surface area (Å²) in [4.78, 5) is 12.7. The Morgan fingerprint density at radius 1 is 1.41 bits per heavy atom. The molecule has 0 bridgehead atoms. The van der Waals surface area contributed by atoms with Gasteiger partial charge >= 0.3 is 0 Å². The van der Waals surface area contributed by atoms with Crippen molar-refractivity contribution in [1.82, 2.24) is 8.84 Å². The van der Waals surface area contributed by atoms with Crippen molar-refractivity contribution >= 4 is 39.6 Å². The van der Waals surface area contributed by atoms with Crippen LogP contribution in [-0.4, -0.2) is 52.1 Å². The normalized spacial score (nSPS) is 20.6. The van der Waals surface area contributed by atoms with E-state index in [9.17, 15) is 13.2 Å². The highest BCUT2D eigenvalue weighted by Crippen LogP contribution is 2.33. The highest BCUT2D eigenvalue weighted by molar-refractivity contribution is 7.85. The highest BCUT2D eigenvalue weighted by Gasteiger charge is 2.43. The number of piperidine rings is 1. The molecule has 1 amide bonds. The minimum atomic E-state index is -4.18. The fourth-order valence-corrected chi connectivity index (χ4v) is 3.64. The lowest BCUT2D eigenvalue weighted by Gasteiger charge is -2.42. The molecule has 0 atom stereocenters. The third-order valence-corrected chi connectivity index (χ3v) is 4.57. The van der Waals surface area contributed by atoms with Crippen LogP contribution in [0.5, 0.6) is 0 Å². The molecule has 17 heavy (non-hydrogen) atoms. The van der Waals surface area contributed by atoms with Crippen LogP contribution in [0, 0.1) is 0 Å². The van der Waals surface area contributed by atoms with E-state index >= 15 is 0 Å². The first kappa shape index (κ1) is 15.0. The zero-order valence-electron chi connectivity index (χ0n) is 9.27. The SMILES string of the molecule is CC(=O)N1CCC(CS(=O)(=O)O)(N(Cl)Cl)CC1. The van der Waals surface area contributed by atoms with E-state index in [1.165, 1.54) is 6.92 Å². The molecule has 6 nitrogen and oxygen atoms in total. The van der Waals surface area contributed by atoms with Crippen LogP contribution in [0.4, 0.5) is 0 Å². The lowest BCUT2D eigenvalue weighted by Crippen LogP contribution is -2.54. The van der Waals surface area contributed by atoms with Crippen molar-refractivity contribution in [2.75, 3.05) is 18.8 Å². The third kappa shape index (κ3) is 3.96. The summed E-state index contributed by atoms with van der Waals surface area (Å²) >= 11 is 11.3. The van der Waals surface area contributed by atoms with Crippen molar-refractivity contribution in [1.29, 1.82) is 0 Å². The second-order valence-electron chi connectivity index (χ2n) is 4.19. The number of nitrogens with zero attached hydrogens (tertiary/aromatic N) is 2. The fourth-order valence-electron chi connectivity index (χ4n) is 1.94. The average molecular weight is 305 g/mol. The molecule has 0 radical (unpaired) electrons. The summed E-state index contributed by atoms with van der Waals surface area (Å²) in [5.41, 5.74) is -1.04. The number of carbonyl (C=O) groups is 1. The Hall–Kier alpha value is -0.0800.